The zero-order valence-corrected chi connectivity index (χ0v) is 7.84. The first kappa shape index (κ1) is 8.75. The zero-order chi connectivity index (χ0) is 10.1. The molecule has 1 unspecified atom stereocenters. The highest BCUT2D eigenvalue weighted by Gasteiger charge is 2.33. The van der Waals surface area contributed by atoms with E-state index in [1.807, 2.05) is 6.07 Å². The maximum absolute atomic E-state index is 11.6. The van der Waals surface area contributed by atoms with Crippen molar-refractivity contribution in [3.8, 4) is 6.07 Å². The van der Waals surface area contributed by atoms with Gasteiger partial charge in [-0.2, -0.15) is 10.4 Å². The average Bonchev–Trinajstić information content (AvgIpc) is 2.72. The fraction of sp³-hybridized carbons (Fsp3) is 0.444. The van der Waals surface area contributed by atoms with Gasteiger partial charge in [0.05, 0.1) is 6.07 Å². The van der Waals surface area contributed by atoms with E-state index >= 15 is 0 Å². The molecule has 1 aliphatic heterocycles. The number of carbonyl (C=O) groups excluding carboxylic acids is 1. The highest BCUT2D eigenvalue weighted by Crippen LogP contribution is 2.22. The maximum atomic E-state index is 11.6. The average molecular weight is 190 g/mol. The van der Waals surface area contributed by atoms with E-state index in [4.69, 9.17) is 5.26 Å². The molecule has 1 aromatic rings. The summed E-state index contributed by atoms with van der Waals surface area (Å²) in [6.07, 6.45) is 2.38. The molecular formula is C9H10N4O. The minimum absolute atomic E-state index is 0.133. The van der Waals surface area contributed by atoms with Crippen molar-refractivity contribution in [2.75, 3.05) is 11.4 Å². The quantitative estimate of drug-likeness (QED) is 0.639. The van der Waals surface area contributed by atoms with Gasteiger partial charge in [0.2, 0.25) is 5.91 Å². The van der Waals surface area contributed by atoms with Crippen LogP contribution in [0.5, 0.6) is 0 Å². The molecule has 1 aromatic heterocycles. The second-order valence-electron chi connectivity index (χ2n) is 3.31. The second kappa shape index (κ2) is 3.14. The fourth-order valence-electron chi connectivity index (χ4n) is 1.57. The third-order valence-corrected chi connectivity index (χ3v) is 2.34. The topological polar surface area (TPSA) is 61.9 Å². The first-order valence-corrected chi connectivity index (χ1v) is 4.43. The molecule has 0 saturated carbocycles. The monoisotopic (exact) mass is 190 g/mol. The van der Waals surface area contributed by atoms with Crippen molar-refractivity contribution in [3.63, 3.8) is 0 Å². The van der Waals surface area contributed by atoms with Crippen LogP contribution in [0.3, 0.4) is 0 Å². The van der Waals surface area contributed by atoms with Crippen LogP contribution in [-0.4, -0.2) is 22.2 Å². The van der Waals surface area contributed by atoms with Gasteiger partial charge in [0.1, 0.15) is 5.92 Å². The van der Waals surface area contributed by atoms with Gasteiger partial charge in [0, 0.05) is 25.9 Å². The summed E-state index contributed by atoms with van der Waals surface area (Å²) in [5.74, 6) is 0.0125. The van der Waals surface area contributed by atoms with Crippen LogP contribution in [0.4, 0.5) is 5.82 Å². The number of nitriles is 1. The van der Waals surface area contributed by atoms with Crippen LogP contribution in [0.2, 0.25) is 0 Å². The van der Waals surface area contributed by atoms with Crippen molar-refractivity contribution >= 4 is 11.7 Å². The van der Waals surface area contributed by atoms with Crippen molar-refractivity contribution in [1.82, 2.24) is 9.78 Å². The Morgan fingerprint density at radius 1 is 1.71 bits per heavy atom. The number of aryl methyl sites for hydroxylation is 1. The van der Waals surface area contributed by atoms with Crippen LogP contribution >= 0.6 is 0 Å². The minimum atomic E-state index is -0.489. The Bertz CT molecular complexity index is 403. The summed E-state index contributed by atoms with van der Waals surface area (Å²) < 4.78 is 1.64. The van der Waals surface area contributed by atoms with Crippen LogP contribution in [0.15, 0.2) is 12.3 Å². The van der Waals surface area contributed by atoms with E-state index in [0.29, 0.717) is 18.8 Å². The van der Waals surface area contributed by atoms with E-state index < -0.39 is 5.92 Å². The normalized spacial score (nSPS) is 21.3. The molecular weight excluding hydrogens is 180 g/mol. The third-order valence-electron chi connectivity index (χ3n) is 2.34. The van der Waals surface area contributed by atoms with Crippen molar-refractivity contribution in [2.24, 2.45) is 13.0 Å². The van der Waals surface area contributed by atoms with E-state index in [0.717, 1.165) is 0 Å². The Balaban J connectivity index is 2.23. The predicted molar refractivity (Wildman–Crippen MR) is 49.3 cm³/mol. The molecule has 0 bridgehead atoms. The molecule has 1 amide bonds. The molecule has 72 valence electrons. The fourth-order valence-corrected chi connectivity index (χ4v) is 1.57. The Morgan fingerprint density at radius 3 is 3.00 bits per heavy atom. The van der Waals surface area contributed by atoms with Gasteiger partial charge in [-0.05, 0) is 6.42 Å². The molecule has 5 heteroatoms. The minimum Gasteiger partial charge on any atom is -0.294 e. The lowest BCUT2D eigenvalue weighted by atomic mass is 10.1. The number of amides is 1. The lowest BCUT2D eigenvalue weighted by Gasteiger charge is -2.11. The molecule has 1 fully saturated rings. The van der Waals surface area contributed by atoms with Crippen molar-refractivity contribution < 1.29 is 4.79 Å². The molecule has 2 heterocycles. The Morgan fingerprint density at radius 2 is 2.50 bits per heavy atom. The summed E-state index contributed by atoms with van der Waals surface area (Å²) in [4.78, 5) is 13.2. The van der Waals surface area contributed by atoms with Gasteiger partial charge in [-0.25, -0.2) is 0 Å². The van der Waals surface area contributed by atoms with Crippen LogP contribution in [-0.2, 0) is 11.8 Å². The van der Waals surface area contributed by atoms with Crippen LogP contribution in [0.25, 0.3) is 0 Å². The molecule has 14 heavy (non-hydrogen) atoms. The number of anilines is 1. The van der Waals surface area contributed by atoms with E-state index in [-0.39, 0.29) is 5.91 Å². The van der Waals surface area contributed by atoms with Crippen molar-refractivity contribution in [1.29, 1.82) is 5.26 Å². The van der Waals surface area contributed by atoms with Gasteiger partial charge >= 0.3 is 0 Å². The third kappa shape index (κ3) is 1.25. The number of hydrogen-bond donors (Lipinski definition) is 0. The molecule has 2 rings (SSSR count). The van der Waals surface area contributed by atoms with Gasteiger partial charge in [-0.15, -0.1) is 0 Å². The van der Waals surface area contributed by atoms with Crippen LogP contribution < -0.4 is 4.90 Å². The smallest absolute Gasteiger partial charge is 0.245 e. The van der Waals surface area contributed by atoms with Gasteiger partial charge < -0.3 is 0 Å². The highest BCUT2D eigenvalue weighted by atomic mass is 16.2. The molecule has 0 radical (unpaired) electrons. The lowest BCUT2D eigenvalue weighted by molar-refractivity contribution is -0.119. The van der Waals surface area contributed by atoms with Crippen molar-refractivity contribution in [2.45, 2.75) is 6.42 Å². The molecule has 0 N–H and O–H groups in total. The number of hydrogen-bond acceptors (Lipinski definition) is 3. The summed E-state index contributed by atoms with van der Waals surface area (Å²) in [7, 11) is 1.80. The van der Waals surface area contributed by atoms with Gasteiger partial charge in [0.25, 0.3) is 0 Å². The van der Waals surface area contributed by atoms with Gasteiger partial charge in [-0.1, -0.05) is 0 Å². The maximum Gasteiger partial charge on any atom is 0.245 e. The highest BCUT2D eigenvalue weighted by molar-refractivity contribution is 5.97. The molecule has 0 aliphatic carbocycles. The summed E-state index contributed by atoms with van der Waals surface area (Å²) >= 11 is 0. The SMILES string of the molecule is Cn1ccc(N2CCC(C#N)C2=O)n1. The van der Waals surface area contributed by atoms with Gasteiger partial charge in [0.15, 0.2) is 5.82 Å². The number of aromatic nitrogens is 2. The van der Waals surface area contributed by atoms with E-state index in [1.54, 1.807) is 28.9 Å². The number of nitrogens with zero attached hydrogens (tertiary/aromatic N) is 4. The van der Waals surface area contributed by atoms with Gasteiger partial charge in [-0.3, -0.25) is 14.4 Å². The predicted octanol–water partition coefficient (Wildman–Crippen LogP) is 0.297. The largest absolute Gasteiger partial charge is 0.294 e. The zero-order valence-electron chi connectivity index (χ0n) is 7.84. The molecule has 1 saturated heterocycles. The second-order valence-corrected chi connectivity index (χ2v) is 3.31. The summed E-state index contributed by atoms with van der Waals surface area (Å²) in [5, 5.41) is 12.8. The first-order chi connectivity index (χ1) is 6.72. The lowest BCUT2D eigenvalue weighted by Crippen LogP contribution is -2.27. The van der Waals surface area contributed by atoms with Crippen LogP contribution in [0, 0.1) is 17.2 Å². The molecule has 0 spiro atoms. The van der Waals surface area contributed by atoms with Crippen molar-refractivity contribution in [3.05, 3.63) is 12.3 Å². The summed E-state index contributed by atoms with van der Waals surface area (Å²) in [6.45, 7) is 0.591. The van der Waals surface area contributed by atoms with E-state index in [2.05, 4.69) is 5.10 Å². The molecule has 1 aliphatic rings. The number of carbonyl (C=O) groups is 1. The van der Waals surface area contributed by atoms with E-state index in [1.165, 1.54) is 0 Å². The summed E-state index contributed by atoms with van der Waals surface area (Å²) in [6, 6.07) is 3.77. The Kier molecular flexibility index (Phi) is 1.97. The van der Waals surface area contributed by atoms with Crippen LogP contribution in [0.1, 0.15) is 6.42 Å². The number of rotatable bonds is 1. The summed E-state index contributed by atoms with van der Waals surface area (Å²) in [5.41, 5.74) is 0. The standard InChI is InChI=1S/C9H10N4O/c1-12-4-3-8(11-12)13-5-2-7(6-10)9(13)14/h3-4,7H,2,5H2,1H3. The molecule has 0 aromatic carbocycles. The first-order valence-electron chi connectivity index (χ1n) is 4.43. The molecule has 5 nitrogen and oxygen atoms in total. The Hall–Kier alpha value is -1.83. The Labute approximate surface area is 81.5 Å². The van der Waals surface area contributed by atoms with E-state index in [9.17, 15) is 4.79 Å². The molecule has 1 atom stereocenters.